The summed E-state index contributed by atoms with van der Waals surface area (Å²) in [6, 6.07) is 4.76. The van der Waals surface area contributed by atoms with Crippen LogP contribution >= 0.6 is 23.2 Å². The van der Waals surface area contributed by atoms with E-state index in [9.17, 15) is 8.42 Å². The number of hydrogen-bond acceptors (Lipinski definition) is 3. The van der Waals surface area contributed by atoms with Crippen molar-refractivity contribution >= 4 is 33.0 Å². The number of benzene rings is 1. The summed E-state index contributed by atoms with van der Waals surface area (Å²) in [6.45, 7) is 1.74. The maximum atomic E-state index is 12.4. The molecule has 6 heteroatoms. The van der Waals surface area contributed by atoms with Crippen LogP contribution in [0.2, 0.25) is 10.0 Å². The molecule has 1 aliphatic rings. The van der Waals surface area contributed by atoms with Gasteiger partial charge in [-0.05, 0) is 44.0 Å². The molecule has 1 aromatic carbocycles. The maximum Gasteiger partial charge on any atom is 0.181 e. The Hall–Kier alpha value is -0.290. The molecule has 1 aromatic rings. The number of rotatable bonds is 3. The minimum absolute atomic E-state index is 0.0758. The van der Waals surface area contributed by atoms with Crippen molar-refractivity contribution in [2.45, 2.75) is 17.7 Å². The lowest BCUT2D eigenvalue weighted by Crippen LogP contribution is -2.31. The Morgan fingerprint density at radius 1 is 1.17 bits per heavy atom. The van der Waals surface area contributed by atoms with Gasteiger partial charge in [0.15, 0.2) is 9.84 Å². The van der Waals surface area contributed by atoms with Gasteiger partial charge in [0.2, 0.25) is 0 Å². The Morgan fingerprint density at radius 2 is 1.72 bits per heavy atom. The second kappa shape index (κ2) is 5.78. The third-order valence-corrected chi connectivity index (χ3v) is 5.97. The van der Waals surface area contributed by atoms with Crippen molar-refractivity contribution < 1.29 is 8.42 Å². The van der Waals surface area contributed by atoms with Gasteiger partial charge in [0.25, 0.3) is 0 Å². The number of piperidine rings is 1. The summed E-state index contributed by atoms with van der Waals surface area (Å²) in [7, 11) is -3.41. The second-order valence-corrected chi connectivity index (χ2v) is 7.31. The number of halogens is 2. The van der Waals surface area contributed by atoms with Crippen molar-refractivity contribution in [2.75, 3.05) is 18.8 Å². The fraction of sp³-hybridized carbons (Fsp3) is 0.500. The highest BCUT2D eigenvalue weighted by Crippen LogP contribution is 2.31. The first-order chi connectivity index (χ1) is 8.50. The van der Waals surface area contributed by atoms with E-state index in [1.165, 1.54) is 0 Å². The van der Waals surface area contributed by atoms with E-state index >= 15 is 0 Å². The molecular formula is C12H15Cl2NO2S. The van der Waals surface area contributed by atoms with Gasteiger partial charge in [-0.2, -0.15) is 0 Å². The highest BCUT2D eigenvalue weighted by molar-refractivity contribution is 7.91. The number of sulfone groups is 1. The van der Waals surface area contributed by atoms with Gasteiger partial charge in [-0.25, -0.2) is 8.42 Å². The van der Waals surface area contributed by atoms with Crippen molar-refractivity contribution in [3.05, 3.63) is 28.2 Å². The zero-order valence-electron chi connectivity index (χ0n) is 9.83. The molecule has 100 valence electrons. The predicted octanol–water partition coefficient (Wildman–Crippen LogP) is 2.77. The van der Waals surface area contributed by atoms with E-state index < -0.39 is 9.84 Å². The molecule has 18 heavy (non-hydrogen) atoms. The lowest BCUT2D eigenvalue weighted by Gasteiger charge is -2.22. The van der Waals surface area contributed by atoms with Crippen LogP contribution in [0.4, 0.5) is 0 Å². The molecule has 1 saturated heterocycles. The first kappa shape index (κ1) is 14.1. The minimum atomic E-state index is -3.41. The Kier molecular flexibility index (Phi) is 4.54. The topological polar surface area (TPSA) is 46.2 Å². The van der Waals surface area contributed by atoms with Crippen LogP contribution in [0.1, 0.15) is 12.8 Å². The highest BCUT2D eigenvalue weighted by atomic mass is 35.5. The summed E-state index contributed by atoms with van der Waals surface area (Å²) in [6.07, 6.45) is 1.75. The molecule has 1 aliphatic heterocycles. The van der Waals surface area contributed by atoms with Gasteiger partial charge < -0.3 is 5.32 Å². The fourth-order valence-corrected chi connectivity index (χ4v) is 5.18. The molecule has 0 unspecified atom stereocenters. The van der Waals surface area contributed by atoms with E-state index in [1.54, 1.807) is 18.2 Å². The molecule has 1 fully saturated rings. The van der Waals surface area contributed by atoms with Gasteiger partial charge in [0, 0.05) is 0 Å². The third kappa shape index (κ3) is 3.18. The molecule has 3 nitrogen and oxygen atoms in total. The molecule has 0 bridgehead atoms. The zero-order chi connectivity index (χ0) is 13.2. The molecule has 0 saturated carbocycles. The molecule has 0 spiro atoms. The minimum Gasteiger partial charge on any atom is -0.317 e. The summed E-state index contributed by atoms with van der Waals surface area (Å²) < 4.78 is 24.7. The van der Waals surface area contributed by atoms with Gasteiger partial charge in [-0.15, -0.1) is 0 Å². The normalized spacial score (nSPS) is 17.9. The van der Waals surface area contributed by atoms with Crippen LogP contribution in [0.15, 0.2) is 23.1 Å². The SMILES string of the molecule is O=S(=O)(CC1CCNCC1)c1c(Cl)cccc1Cl. The van der Waals surface area contributed by atoms with Crippen molar-refractivity contribution in [3.63, 3.8) is 0 Å². The van der Waals surface area contributed by atoms with E-state index in [-0.39, 0.29) is 26.6 Å². The van der Waals surface area contributed by atoms with Crippen molar-refractivity contribution in [1.82, 2.24) is 5.32 Å². The molecule has 0 aliphatic carbocycles. The molecule has 1 heterocycles. The number of hydrogen-bond donors (Lipinski definition) is 1. The third-order valence-electron chi connectivity index (χ3n) is 3.14. The molecule has 0 aromatic heterocycles. The monoisotopic (exact) mass is 307 g/mol. The van der Waals surface area contributed by atoms with Gasteiger partial charge in [-0.1, -0.05) is 29.3 Å². The van der Waals surface area contributed by atoms with E-state index in [0.717, 1.165) is 25.9 Å². The van der Waals surface area contributed by atoms with Crippen LogP contribution in [0, 0.1) is 5.92 Å². The largest absolute Gasteiger partial charge is 0.317 e. The first-order valence-corrected chi connectivity index (χ1v) is 8.29. The maximum absolute atomic E-state index is 12.4. The summed E-state index contributed by atoms with van der Waals surface area (Å²) in [5.74, 6) is 0.307. The average Bonchev–Trinajstić information content (AvgIpc) is 2.28. The van der Waals surface area contributed by atoms with Crippen LogP contribution < -0.4 is 5.32 Å². The standard InChI is InChI=1S/C12H15Cl2NO2S/c13-10-2-1-3-11(14)12(10)18(16,17)8-9-4-6-15-7-5-9/h1-3,9,15H,4-8H2. The summed E-state index contributed by atoms with van der Waals surface area (Å²) in [5.41, 5.74) is 0. The van der Waals surface area contributed by atoms with Crippen LogP contribution in [-0.2, 0) is 9.84 Å². The fourth-order valence-electron chi connectivity index (χ4n) is 2.22. The Bertz CT molecular complexity index is 505. The Labute approximate surface area is 117 Å². The Morgan fingerprint density at radius 3 is 2.28 bits per heavy atom. The Balaban J connectivity index is 2.25. The lowest BCUT2D eigenvalue weighted by atomic mass is 10.0. The molecule has 0 radical (unpaired) electrons. The van der Waals surface area contributed by atoms with Gasteiger partial charge >= 0.3 is 0 Å². The van der Waals surface area contributed by atoms with Crippen molar-refractivity contribution in [1.29, 1.82) is 0 Å². The van der Waals surface area contributed by atoms with Gasteiger partial charge in [0.1, 0.15) is 4.90 Å². The van der Waals surface area contributed by atoms with Crippen molar-refractivity contribution in [3.8, 4) is 0 Å². The lowest BCUT2D eigenvalue weighted by molar-refractivity contribution is 0.401. The molecule has 2 rings (SSSR count). The van der Waals surface area contributed by atoms with Crippen LogP contribution in [-0.4, -0.2) is 27.3 Å². The molecular weight excluding hydrogens is 293 g/mol. The number of nitrogens with one attached hydrogen (secondary N) is 1. The summed E-state index contributed by atoms with van der Waals surface area (Å²) in [5, 5.41) is 3.63. The quantitative estimate of drug-likeness (QED) is 0.934. The first-order valence-electron chi connectivity index (χ1n) is 5.88. The van der Waals surface area contributed by atoms with E-state index in [2.05, 4.69) is 5.32 Å². The zero-order valence-corrected chi connectivity index (χ0v) is 12.2. The van der Waals surface area contributed by atoms with Gasteiger partial charge in [-0.3, -0.25) is 0 Å². The molecule has 0 amide bonds. The van der Waals surface area contributed by atoms with Crippen LogP contribution in [0.3, 0.4) is 0 Å². The van der Waals surface area contributed by atoms with E-state index in [0.29, 0.717) is 0 Å². The molecule has 1 N–H and O–H groups in total. The van der Waals surface area contributed by atoms with Crippen molar-refractivity contribution in [2.24, 2.45) is 5.92 Å². The van der Waals surface area contributed by atoms with E-state index in [1.807, 2.05) is 0 Å². The van der Waals surface area contributed by atoms with E-state index in [4.69, 9.17) is 23.2 Å². The molecule has 0 atom stereocenters. The smallest absolute Gasteiger partial charge is 0.181 e. The van der Waals surface area contributed by atoms with Crippen LogP contribution in [0.25, 0.3) is 0 Å². The summed E-state index contributed by atoms with van der Waals surface area (Å²) in [4.78, 5) is 0.0758. The second-order valence-electron chi connectivity index (χ2n) is 4.53. The van der Waals surface area contributed by atoms with Gasteiger partial charge in [0.05, 0.1) is 15.8 Å². The van der Waals surface area contributed by atoms with Crippen LogP contribution in [0.5, 0.6) is 0 Å². The summed E-state index contributed by atoms with van der Waals surface area (Å²) >= 11 is 11.9. The average molecular weight is 308 g/mol. The predicted molar refractivity (Wildman–Crippen MR) is 74.1 cm³/mol. The highest BCUT2D eigenvalue weighted by Gasteiger charge is 2.26.